The summed E-state index contributed by atoms with van der Waals surface area (Å²) in [6.07, 6.45) is 0. The van der Waals surface area contributed by atoms with Crippen molar-refractivity contribution in [1.29, 1.82) is 0 Å². The second-order valence-electron chi connectivity index (χ2n) is 2.53. The lowest BCUT2D eigenvalue weighted by molar-refractivity contribution is 0.597. The minimum absolute atomic E-state index is 0.0874. The maximum atomic E-state index is 11.1. The standard InChI is InChI=1S/C7H7Cl2NO2S/c1-4-5(8)2-3-6(9)7(4)13(10,11)12/h2-3H,1H3,(H2,10,11,12). The van der Waals surface area contributed by atoms with Gasteiger partial charge in [0.05, 0.1) is 5.02 Å². The fraction of sp³-hybridized carbons (Fsp3) is 0.143. The van der Waals surface area contributed by atoms with Crippen molar-refractivity contribution in [3.8, 4) is 0 Å². The summed E-state index contributed by atoms with van der Waals surface area (Å²) in [6.45, 7) is 1.55. The van der Waals surface area contributed by atoms with Gasteiger partial charge in [-0.1, -0.05) is 23.2 Å². The molecule has 0 atom stereocenters. The second kappa shape index (κ2) is 3.46. The highest BCUT2D eigenvalue weighted by molar-refractivity contribution is 7.89. The van der Waals surface area contributed by atoms with Crippen LogP contribution >= 0.6 is 23.2 Å². The molecule has 0 bridgehead atoms. The summed E-state index contributed by atoms with van der Waals surface area (Å²) in [6, 6.07) is 2.92. The Kier molecular flexibility index (Phi) is 2.87. The number of halogens is 2. The topological polar surface area (TPSA) is 60.2 Å². The minimum Gasteiger partial charge on any atom is -0.225 e. The zero-order valence-electron chi connectivity index (χ0n) is 6.71. The van der Waals surface area contributed by atoms with Crippen LogP contribution in [0.1, 0.15) is 5.56 Å². The number of sulfonamides is 1. The molecule has 0 aliphatic carbocycles. The molecule has 3 nitrogen and oxygen atoms in total. The van der Waals surface area contributed by atoms with Gasteiger partial charge >= 0.3 is 0 Å². The molecule has 0 fully saturated rings. The van der Waals surface area contributed by atoms with Crippen LogP contribution in [-0.4, -0.2) is 8.42 Å². The number of hydrogen-bond acceptors (Lipinski definition) is 2. The molecule has 0 radical (unpaired) electrons. The van der Waals surface area contributed by atoms with Gasteiger partial charge in [0.25, 0.3) is 0 Å². The predicted molar refractivity (Wildman–Crippen MR) is 52.6 cm³/mol. The fourth-order valence-electron chi connectivity index (χ4n) is 0.984. The molecule has 1 rings (SSSR count). The molecule has 13 heavy (non-hydrogen) atoms. The molecule has 2 N–H and O–H groups in total. The molecule has 0 unspecified atom stereocenters. The Hall–Kier alpha value is -0.290. The molecule has 0 aliphatic heterocycles. The average molecular weight is 240 g/mol. The third kappa shape index (κ3) is 2.14. The number of primary sulfonamides is 1. The summed E-state index contributed by atoms with van der Waals surface area (Å²) in [7, 11) is -3.80. The van der Waals surface area contributed by atoms with Crippen LogP contribution in [0, 0.1) is 6.92 Å². The van der Waals surface area contributed by atoms with E-state index in [1.54, 1.807) is 6.92 Å². The van der Waals surface area contributed by atoms with E-state index in [9.17, 15) is 8.42 Å². The first-order chi connectivity index (χ1) is 5.84. The van der Waals surface area contributed by atoms with E-state index in [4.69, 9.17) is 28.3 Å². The second-order valence-corrected chi connectivity index (χ2v) is 4.84. The molecule has 6 heteroatoms. The van der Waals surface area contributed by atoms with E-state index in [1.807, 2.05) is 0 Å². The fourth-order valence-corrected chi connectivity index (χ4v) is 2.60. The zero-order valence-corrected chi connectivity index (χ0v) is 9.04. The molecular weight excluding hydrogens is 233 g/mol. The quantitative estimate of drug-likeness (QED) is 0.815. The van der Waals surface area contributed by atoms with Crippen molar-refractivity contribution in [1.82, 2.24) is 0 Å². The Morgan fingerprint density at radius 3 is 2.08 bits per heavy atom. The van der Waals surface area contributed by atoms with Crippen LogP contribution in [0.25, 0.3) is 0 Å². The van der Waals surface area contributed by atoms with Gasteiger partial charge < -0.3 is 0 Å². The van der Waals surface area contributed by atoms with Crippen molar-refractivity contribution in [2.45, 2.75) is 11.8 Å². The van der Waals surface area contributed by atoms with E-state index >= 15 is 0 Å². The van der Waals surface area contributed by atoms with Gasteiger partial charge in [0.15, 0.2) is 0 Å². The van der Waals surface area contributed by atoms with E-state index in [2.05, 4.69) is 0 Å². The van der Waals surface area contributed by atoms with Gasteiger partial charge in [-0.2, -0.15) is 0 Å². The summed E-state index contributed by atoms with van der Waals surface area (Å²) in [5.74, 6) is 0. The van der Waals surface area contributed by atoms with Crippen LogP contribution in [0.4, 0.5) is 0 Å². The Morgan fingerprint density at radius 1 is 1.23 bits per heavy atom. The van der Waals surface area contributed by atoms with Crippen LogP contribution in [0.15, 0.2) is 17.0 Å². The lowest BCUT2D eigenvalue weighted by atomic mass is 10.2. The van der Waals surface area contributed by atoms with Crippen molar-refractivity contribution in [3.05, 3.63) is 27.7 Å². The van der Waals surface area contributed by atoms with E-state index in [0.29, 0.717) is 10.6 Å². The van der Waals surface area contributed by atoms with Crippen molar-refractivity contribution in [3.63, 3.8) is 0 Å². The Balaban J connectivity index is 3.62. The van der Waals surface area contributed by atoms with Gasteiger partial charge in [-0.25, -0.2) is 13.6 Å². The van der Waals surface area contributed by atoms with E-state index < -0.39 is 10.0 Å². The Bertz CT molecular complexity index is 442. The van der Waals surface area contributed by atoms with Gasteiger partial charge in [-0.3, -0.25) is 0 Å². The monoisotopic (exact) mass is 239 g/mol. The van der Waals surface area contributed by atoms with Gasteiger partial charge in [-0.05, 0) is 24.6 Å². The summed E-state index contributed by atoms with van der Waals surface area (Å²) in [5.41, 5.74) is 0.372. The molecule has 72 valence electrons. The molecule has 0 amide bonds. The number of benzene rings is 1. The SMILES string of the molecule is Cc1c(Cl)ccc(Cl)c1S(N)(=O)=O. The van der Waals surface area contributed by atoms with Crippen LogP contribution in [0.3, 0.4) is 0 Å². The third-order valence-electron chi connectivity index (χ3n) is 1.58. The summed E-state index contributed by atoms with van der Waals surface area (Å²) < 4.78 is 22.1. The average Bonchev–Trinajstić information content (AvgIpc) is 1.95. The van der Waals surface area contributed by atoms with Gasteiger partial charge in [0.1, 0.15) is 4.90 Å². The van der Waals surface area contributed by atoms with Gasteiger partial charge in [0.2, 0.25) is 10.0 Å². The molecule has 0 spiro atoms. The van der Waals surface area contributed by atoms with Crippen LogP contribution in [0.5, 0.6) is 0 Å². The van der Waals surface area contributed by atoms with Crippen LogP contribution in [0.2, 0.25) is 10.0 Å². The minimum atomic E-state index is -3.80. The maximum Gasteiger partial charge on any atom is 0.239 e. The van der Waals surface area contributed by atoms with E-state index in [0.717, 1.165) is 0 Å². The Labute approximate surface area is 86.5 Å². The highest BCUT2D eigenvalue weighted by Crippen LogP contribution is 2.28. The lowest BCUT2D eigenvalue weighted by Crippen LogP contribution is -2.14. The number of nitrogens with two attached hydrogens (primary N) is 1. The molecule has 0 aromatic heterocycles. The molecule has 0 aliphatic rings. The van der Waals surface area contributed by atoms with E-state index in [1.165, 1.54) is 12.1 Å². The maximum absolute atomic E-state index is 11.1. The van der Waals surface area contributed by atoms with Crippen LogP contribution < -0.4 is 5.14 Å². The van der Waals surface area contributed by atoms with E-state index in [-0.39, 0.29) is 9.92 Å². The first kappa shape index (κ1) is 10.8. The van der Waals surface area contributed by atoms with Crippen molar-refractivity contribution in [2.24, 2.45) is 5.14 Å². The first-order valence-electron chi connectivity index (χ1n) is 3.31. The first-order valence-corrected chi connectivity index (χ1v) is 5.61. The number of rotatable bonds is 1. The van der Waals surface area contributed by atoms with Crippen molar-refractivity contribution >= 4 is 33.2 Å². The highest BCUT2D eigenvalue weighted by Gasteiger charge is 2.17. The van der Waals surface area contributed by atoms with Gasteiger partial charge in [0, 0.05) is 5.02 Å². The molecule has 0 saturated heterocycles. The summed E-state index contributed by atoms with van der Waals surface area (Å²) >= 11 is 11.4. The highest BCUT2D eigenvalue weighted by atomic mass is 35.5. The molecule has 1 aromatic carbocycles. The number of hydrogen-bond donors (Lipinski definition) is 1. The molecule has 0 heterocycles. The predicted octanol–water partition coefficient (Wildman–Crippen LogP) is 1.95. The molecule has 0 saturated carbocycles. The lowest BCUT2D eigenvalue weighted by Gasteiger charge is -2.06. The van der Waals surface area contributed by atoms with Crippen molar-refractivity contribution < 1.29 is 8.42 Å². The normalized spacial score (nSPS) is 11.7. The molecular formula is C7H7Cl2NO2S. The smallest absolute Gasteiger partial charge is 0.225 e. The van der Waals surface area contributed by atoms with Crippen LogP contribution in [-0.2, 0) is 10.0 Å². The summed E-state index contributed by atoms with van der Waals surface area (Å²) in [5, 5.41) is 5.37. The summed E-state index contributed by atoms with van der Waals surface area (Å²) in [4.78, 5) is -0.110. The third-order valence-corrected chi connectivity index (χ3v) is 3.51. The van der Waals surface area contributed by atoms with Gasteiger partial charge in [-0.15, -0.1) is 0 Å². The zero-order chi connectivity index (χ0) is 10.2. The molecule has 1 aromatic rings. The Morgan fingerprint density at radius 2 is 1.69 bits per heavy atom. The largest absolute Gasteiger partial charge is 0.239 e. The van der Waals surface area contributed by atoms with Crippen molar-refractivity contribution in [2.75, 3.05) is 0 Å².